The Balaban J connectivity index is 1.97. The number of rotatable bonds is 3. The molecular formula is C14H16N2. The summed E-state index contributed by atoms with van der Waals surface area (Å²) in [5.41, 5.74) is 2.46. The zero-order valence-corrected chi connectivity index (χ0v) is 9.53. The van der Waals surface area contributed by atoms with Crippen LogP contribution in [0.5, 0.6) is 0 Å². The molecule has 82 valence electrons. The molecule has 1 aromatic carbocycles. The summed E-state index contributed by atoms with van der Waals surface area (Å²) in [5.74, 6) is 1.01. The molecule has 1 N–H and O–H groups in total. The molecule has 1 aromatic heterocycles. The van der Waals surface area contributed by atoms with Gasteiger partial charge in [0.1, 0.15) is 5.82 Å². The minimum Gasteiger partial charge on any atom is -0.367 e. The molecule has 1 fully saturated rings. The predicted octanol–water partition coefficient (Wildman–Crippen LogP) is 3.37. The summed E-state index contributed by atoms with van der Waals surface area (Å²) >= 11 is 0. The second-order valence-electron chi connectivity index (χ2n) is 4.50. The highest BCUT2D eigenvalue weighted by Gasteiger charge is 2.21. The van der Waals surface area contributed by atoms with Crippen LogP contribution < -0.4 is 5.32 Å². The largest absolute Gasteiger partial charge is 0.367 e. The van der Waals surface area contributed by atoms with Gasteiger partial charge in [-0.3, -0.25) is 0 Å². The Kier molecular flexibility index (Phi) is 2.28. The van der Waals surface area contributed by atoms with E-state index < -0.39 is 0 Å². The molecule has 2 nitrogen and oxygen atoms in total. The van der Waals surface area contributed by atoms with Gasteiger partial charge in [0.2, 0.25) is 0 Å². The molecular weight excluding hydrogens is 196 g/mol. The first-order chi connectivity index (χ1) is 7.85. The topological polar surface area (TPSA) is 24.9 Å². The number of hydrogen-bond acceptors (Lipinski definition) is 2. The average molecular weight is 212 g/mol. The van der Waals surface area contributed by atoms with Crippen LogP contribution in [0.3, 0.4) is 0 Å². The van der Waals surface area contributed by atoms with E-state index in [2.05, 4.69) is 47.6 Å². The second kappa shape index (κ2) is 3.78. The maximum absolute atomic E-state index is 4.62. The van der Waals surface area contributed by atoms with E-state index in [0.29, 0.717) is 6.04 Å². The lowest BCUT2D eigenvalue weighted by molar-refractivity contribution is 1.12. The minimum atomic E-state index is 0.667. The summed E-state index contributed by atoms with van der Waals surface area (Å²) in [6.45, 7) is 2.18. The summed E-state index contributed by atoms with van der Waals surface area (Å²) in [6, 6.07) is 11.4. The molecule has 2 aromatic rings. The molecule has 0 saturated heterocycles. The third-order valence-corrected chi connectivity index (χ3v) is 3.09. The molecule has 0 spiro atoms. The summed E-state index contributed by atoms with van der Waals surface area (Å²) in [5, 5.41) is 4.66. The van der Waals surface area contributed by atoms with Crippen molar-refractivity contribution in [2.45, 2.75) is 32.2 Å². The standard InChI is InChI=1S/C14H16N2/c1-2-10-3-7-13-11(9-10)4-8-14(16-13)15-12-5-6-12/h3-4,7-9,12H,2,5-6H2,1H3,(H,15,16). The summed E-state index contributed by atoms with van der Waals surface area (Å²) in [6.07, 6.45) is 3.65. The van der Waals surface area contributed by atoms with Crippen molar-refractivity contribution in [2.24, 2.45) is 0 Å². The van der Waals surface area contributed by atoms with E-state index in [0.717, 1.165) is 17.8 Å². The Labute approximate surface area is 95.7 Å². The Bertz CT molecular complexity index is 515. The van der Waals surface area contributed by atoms with E-state index in [1.165, 1.54) is 23.8 Å². The molecule has 2 heteroatoms. The number of anilines is 1. The van der Waals surface area contributed by atoms with Gasteiger partial charge in [-0.2, -0.15) is 0 Å². The first-order valence-electron chi connectivity index (χ1n) is 6.01. The van der Waals surface area contributed by atoms with Gasteiger partial charge in [-0.15, -0.1) is 0 Å². The molecule has 1 aliphatic carbocycles. The number of hydrogen-bond donors (Lipinski definition) is 1. The van der Waals surface area contributed by atoms with Crippen molar-refractivity contribution in [1.29, 1.82) is 0 Å². The Hall–Kier alpha value is -1.57. The van der Waals surface area contributed by atoms with Crippen molar-refractivity contribution >= 4 is 16.7 Å². The molecule has 0 radical (unpaired) electrons. The van der Waals surface area contributed by atoms with Crippen LogP contribution in [-0.4, -0.2) is 11.0 Å². The zero-order chi connectivity index (χ0) is 11.0. The van der Waals surface area contributed by atoms with E-state index in [4.69, 9.17) is 0 Å². The quantitative estimate of drug-likeness (QED) is 0.843. The van der Waals surface area contributed by atoms with E-state index in [1.54, 1.807) is 0 Å². The molecule has 0 aliphatic heterocycles. The monoisotopic (exact) mass is 212 g/mol. The van der Waals surface area contributed by atoms with E-state index in [1.807, 2.05) is 0 Å². The number of pyridine rings is 1. The third kappa shape index (κ3) is 1.87. The Morgan fingerprint density at radius 1 is 1.25 bits per heavy atom. The van der Waals surface area contributed by atoms with Crippen LogP contribution in [0.1, 0.15) is 25.3 Å². The summed E-state index contributed by atoms with van der Waals surface area (Å²) in [7, 11) is 0. The van der Waals surface area contributed by atoms with Crippen molar-refractivity contribution in [3.8, 4) is 0 Å². The molecule has 0 atom stereocenters. The van der Waals surface area contributed by atoms with Gasteiger partial charge in [-0.25, -0.2) is 4.98 Å². The highest BCUT2D eigenvalue weighted by atomic mass is 15.0. The zero-order valence-electron chi connectivity index (χ0n) is 9.53. The van der Waals surface area contributed by atoms with E-state index in [-0.39, 0.29) is 0 Å². The second-order valence-corrected chi connectivity index (χ2v) is 4.50. The smallest absolute Gasteiger partial charge is 0.126 e. The molecule has 16 heavy (non-hydrogen) atoms. The van der Waals surface area contributed by atoms with E-state index in [9.17, 15) is 0 Å². The number of benzene rings is 1. The summed E-state index contributed by atoms with van der Waals surface area (Å²) < 4.78 is 0. The van der Waals surface area contributed by atoms with Gasteiger partial charge in [0, 0.05) is 11.4 Å². The number of nitrogens with zero attached hydrogens (tertiary/aromatic N) is 1. The van der Waals surface area contributed by atoms with Gasteiger partial charge in [0.15, 0.2) is 0 Å². The lowest BCUT2D eigenvalue weighted by Gasteiger charge is -2.05. The van der Waals surface area contributed by atoms with Gasteiger partial charge in [-0.05, 0) is 49.1 Å². The molecule has 1 heterocycles. The van der Waals surface area contributed by atoms with Crippen molar-refractivity contribution in [1.82, 2.24) is 4.98 Å². The van der Waals surface area contributed by atoms with E-state index >= 15 is 0 Å². The maximum Gasteiger partial charge on any atom is 0.126 e. The van der Waals surface area contributed by atoms with Crippen molar-refractivity contribution < 1.29 is 0 Å². The lowest BCUT2D eigenvalue weighted by Crippen LogP contribution is -2.02. The van der Waals surface area contributed by atoms with Gasteiger partial charge in [-0.1, -0.05) is 13.0 Å². The fourth-order valence-electron chi connectivity index (χ4n) is 1.91. The third-order valence-electron chi connectivity index (χ3n) is 3.09. The first-order valence-corrected chi connectivity index (χ1v) is 6.01. The highest BCUT2D eigenvalue weighted by molar-refractivity contribution is 5.81. The van der Waals surface area contributed by atoms with Crippen LogP contribution in [0, 0.1) is 0 Å². The van der Waals surface area contributed by atoms with Gasteiger partial charge in [0.05, 0.1) is 5.52 Å². The van der Waals surface area contributed by atoms with Crippen molar-refractivity contribution in [2.75, 3.05) is 5.32 Å². The normalized spacial score (nSPS) is 15.3. The minimum absolute atomic E-state index is 0.667. The highest BCUT2D eigenvalue weighted by Crippen LogP contribution is 2.25. The molecule has 0 bridgehead atoms. The number of aryl methyl sites for hydroxylation is 1. The Morgan fingerprint density at radius 3 is 2.88 bits per heavy atom. The van der Waals surface area contributed by atoms with Gasteiger partial charge >= 0.3 is 0 Å². The van der Waals surface area contributed by atoms with Crippen LogP contribution in [0.25, 0.3) is 10.9 Å². The molecule has 1 saturated carbocycles. The maximum atomic E-state index is 4.62. The van der Waals surface area contributed by atoms with Crippen LogP contribution in [0.15, 0.2) is 30.3 Å². The molecule has 0 amide bonds. The molecule has 0 unspecified atom stereocenters. The number of fused-ring (bicyclic) bond motifs is 1. The molecule has 1 aliphatic rings. The first kappa shape index (κ1) is 9.64. The van der Waals surface area contributed by atoms with Crippen LogP contribution >= 0.6 is 0 Å². The van der Waals surface area contributed by atoms with Crippen molar-refractivity contribution in [3.05, 3.63) is 35.9 Å². The van der Waals surface area contributed by atoms with Crippen molar-refractivity contribution in [3.63, 3.8) is 0 Å². The van der Waals surface area contributed by atoms with Gasteiger partial charge < -0.3 is 5.32 Å². The fraction of sp³-hybridized carbons (Fsp3) is 0.357. The molecule has 3 rings (SSSR count). The average Bonchev–Trinajstić information content (AvgIpc) is 3.12. The van der Waals surface area contributed by atoms with Crippen LogP contribution in [0.2, 0.25) is 0 Å². The van der Waals surface area contributed by atoms with Crippen LogP contribution in [0.4, 0.5) is 5.82 Å². The predicted molar refractivity (Wildman–Crippen MR) is 67.8 cm³/mol. The van der Waals surface area contributed by atoms with Crippen LogP contribution in [-0.2, 0) is 6.42 Å². The van der Waals surface area contributed by atoms with Gasteiger partial charge in [0.25, 0.3) is 0 Å². The number of nitrogens with one attached hydrogen (secondary N) is 1. The fourth-order valence-corrected chi connectivity index (χ4v) is 1.91. The summed E-state index contributed by atoms with van der Waals surface area (Å²) in [4.78, 5) is 4.62. The Morgan fingerprint density at radius 2 is 2.12 bits per heavy atom. The number of aromatic nitrogens is 1. The lowest BCUT2D eigenvalue weighted by atomic mass is 10.1. The SMILES string of the molecule is CCc1ccc2nc(NC3CC3)ccc2c1.